The second-order valence-electron chi connectivity index (χ2n) is 6.27. The zero-order valence-corrected chi connectivity index (χ0v) is 12.2. The van der Waals surface area contributed by atoms with E-state index in [9.17, 15) is 4.79 Å². The molecule has 0 aromatic carbocycles. The summed E-state index contributed by atoms with van der Waals surface area (Å²) >= 11 is 0. The fourth-order valence-electron chi connectivity index (χ4n) is 2.94. The Morgan fingerprint density at radius 2 is 2.05 bits per heavy atom. The second kappa shape index (κ2) is 5.52. The van der Waals surface area contributed by atoms with Crippen LogP contribution < -0.4 is 5.32 Å². The molecule has 0 aliphatic carbocycles. The van der Waals surface area contributed by atoms with Crippen LogP contribution in [0.3, 0.4) is 0 Å². The van der Waals surface area contributed by atoms with Gasteiger partial charge in [-0.15, -0.1) is 5.10 Å². The van der Waals surface area contributed by atoms with Gasteiger partial charge in [0.15, 0.2) is 5.69 Å². The first-order valence-electron chi connectivity index (χ1n) is 7.57. The number of carbonyl (C=O) groups excluding carboxylic acids is 1. The number of hydrogen-bond acceptors (Lipinski definition) is 4. The maximum atomic E-state index is 12.4. The fourth-order valence-corrected chi connectivity index (χ4v) is 2.94. The van der Waals surface area contributed by atoms with Gasteiger partial charge < -0.3 is 10.2 Å². The van der Waals surface area contributed by atoms with Crippen LogP contribution in [0.25, 0.3) is 0 Å². The van der Waals surface area contributed by atoms with Crippen LogP contribution in [0.2, 0.25) is 0 Å². The summed E-state index contributed by atoms with van der Waals surface area (Å²) in [4.78, 5) is 14.3. The second-order valence-corrected chi connectivity index (χ2v) is 6.27. The van der Waals surface area contributed by atoms with E-state index in [1.807, 2.05) is 9.58 Å². The maximum Gasteiger partial charge on any atom is 0.276 e. The minimum atomic E-state index is 0.0331. The van der Waals surface area contributed by atoms with Crippen LogP contribution in [-0.4, -0.2) is 52.0 Å². The molecule has 0 bridgehead atoms. The van der Waals surface area contributed by atoms with Crippen molar-refractivity contribution in [3.63, 3.8) is 0 Å². The number of piperidine rings is 1. The van der Waals surface area contributed by atoms with Crippen LogP contribution >= 0.6 is 0 Å². The Morgan fingerprint density at radius 3 is 2.60 bits per heavy atom. The van der Waals surface area contributed by atoms with Crippen LogP contribution in [0.1, 0.15) is 43.2 Å². The van der Waals surface area contributed by atoms with Gasteiger partial charge >= 0.3 is 0 Å². The van der Waals surface area contributed by atoms with Crippen molar-refractivity contribution >= 4 is 5.91 Å². The summed E-state index contributed by atoms with van der Waals surface area (Å²) in [6.07, 6.45) is 4.00. The Hall–Kier alpha value is -1.43. The van der Waals surface area contributed by atoms with Crippen LogP contribution in [0.4, 0.5) is 0 Å². The van der Waals surface area contributed by atoms with E-state index in [1.165, 1.54) is 0 Å². The highest BCUT2D eigenvalue weighted by atomic mass is 16.2. The van der Waals surface area contributed by atoms with Gasteiger partial charge in [0, 0.05) is 26.2 Å². The molecule has 0 saturated carbocycles. The highest BCUT2D eigenvalue weighted by Gasteiger charge is 2.28. The quantitative estimate of drug-likeness (QED) is 0.893. The van der Waals surface area contributed by atoms with E-state index in [0.717, 1.165) is 44.9 Å². The van der Waals surface area contributed by atoms with Crippen molar-refractivity contribution in [1.82, 2.24) is 25.2 Å². The molecule has 1 amide bonds. The molecule has 0 unspecified atom stereocenters. The molecule has 0 atom stereocenters. The van der Waals surface area contributed by atoms with Gasteiger partial charge in [0.2, 0.25) is 0 Å². The van der Waals surface area contributed by atoms with E-state index in [1.54, 1.807) is 6.20 Å². The van der Waals surface area contributed by atoms with E-state index >= 15 is 0 Å². The number of hydrogen-bond donors (Lipinski definition) is 1. The van der Waals surface area contributed by atoms with E-state index in [0.29, 0.717) is 17.7 Å². The SMILES string of the molecule is CC(C)C1CCN(C(=O)c2cn(C3CNC3)nn2)CC1. The van der Waals surface area contributed by atoms with Crippen molar-refractivity contribution in [3.05, 3.63) is 11.9 Å². The van der Waals surface area contributed by atoms with E-state index < -0.39 is 0 Å². The van der Waals surface area contributed by atoms with Gasteiger partial charge in [-0.25, -0.2) is 4.68 Å². The standard InChI is InChI=1S/C14H23N5O/c1-10(2)11-3-5-18(6-4-11)14(20)13-9-19(17-16-13)12-7-15-8-12/h9-12,15H,3-8H2,1-2H3. The summed E-state index contributed by atoms with van der Waals surface area (Å²) in [5.74, 6) is 1.49. The first-order chi connectivity index (χ1) is 9.65. The van der Waals surface area contributed by atoms with Crippen molar-refractivity contribution in [2.24, 2.45) is 11.8 Å². The lowest BCUT2D eigenvalue weighted by molar-refractivity contribution is 0.0661. The Bertz CT molecular complexity index is 472. The topological polar surface area (TPSA) is 63.1 Å². The molecule has 20 heavy (non-hydrogen) atoms. The molecule has 2 aliphatic rings. The summed E-state index contributed by atoms with van der Waals surface area (Å²) < 4.78 is 1.81. The molecule has 1 N–H and O–H groups in total. The van der Waals surface area contributed by atoms with Crippen LogP contribution in [0, 0.1) is 11.8 Å². The number of carbonyl (C=O) groups is 1. The molecule has 1 aromatic heterocycles. The third-order valence-electron chi connectivity index (χ3n) is 4.63. The Balaban J connectivity index is 1.60. The molecule has 0 radical (unpaired) electrons. The number of nitrogens with one attached hydrogen (secondary N) is 1. The number of likely N-dealkylation sites (tertiary alicyclic amines) is 1. The monoisotopic (exact) mass is 277 g/mol. The molecule has 2 saturated heterocycles. The first-order valence-corrected chi connectivity index (χ1v) is 7.57. The lowest BCUT2D eigenvalue weighted by Crippen LogP contribution is -2.43. The third kappa shape index (κ3) is 2.57. The highest BCUT2D eigenvalue weighted by Crippen LogP contribution is 2.25. The third-order valence-corrected chi connectivity index (χ3v) is 4.63. The predicted molar refractivity (Wildman–Crippen MR) is 75.4 cm³/mol. The van der Waals surface area contributed by atoms with Crippen LogP contribution in [0.15, 0.2) is 6.20 Å². The van der Waals surface area contributed by atoms with Crippen LogP contribution in [0.5, 0.6) is 0 Å². The molecule has 3 heterocycles. The van der Waals surface area contributed by atoms with Crippen molar-refractivity contribution in [3.8, 4) is 0 Å². The largest absolute Gasteiger partial charge is 0.337 e. The summed E-state index contributed by atoms with van der Waals surface area (Å²) in [5, 5.41) is 11.3. The Kier molecular flexibility index (Phi) is 3.74. The number of rotatable bonds is 3. The van der Waals surface area contributed by atoms with E-state index in [-0.39, 0.29) is 5.91 Å². The number of aromatic nitrogens is 3. The fraction of sp³-hybridized carbons (Fsp3) is 0.786. The van der Waals surface area contributed by atoms with Crippen molar-refractivity contribution in [2.45, 2.75) is 32.7 Å². The summed E-state index contributed by atoms with van der Waals surface area (Å²) in [6, 6.07) is 0.357. The normalized spacial score (nSPS) is 21.2. The lowest BCUT2D eigenvalue weighted by atomic mass is 9.86. The van der Waals surface area contributed by atoms with E-state index in [2.05, 4.69) is 29.5 Å². The Labute approximate surface area is 119 Å². The first kappa shape index (κ1) is 13.5. The minimum absolute atomic E-state index is 0.0331. The van der Waals surface area contributed by atoms with Gasteiger partial charge in [-0.2, -0.15) is 0 Å². The molecule has 1 aromatic rings. The molecule has 0 spiro atoms. The van der Waals surface area contributed by atoms with Gasteiger partial charge in [-0.3, -0.25) is 4.79 Å². The zero-order valence-electron chi connectivity index (χ0n) is 12.2. The van der Waals surface area contributed by atoms with Crippen LogP contribution in [-0.2, 0) is 0 Å². The molecule has 2 fully saturated rings. The van der Waals surface area contributed by atoms with Crippen molar-refractivity contribution in [2.75, 3.05) is 26.2 Å². The molecule has 110 valence electrons. The molecule has 3 rings (SSSR count). The number of nitrogens with zero attached hydrogens (tertiary/aromatic N) is 4. The van der Waals surface area contributed by atoms with Gasteiger partial charge in [0.25, 0.3) is 5.91 Å². The van der Waals surface area contributed by atoms with Crippen molar-refractivity contribution in [1.29, 1.82) is 0 Å². The summed E-state index contributed by atoms with van der Waals surface area (Å²) in [5.41, 5.74) is 0.486. The zero-order chi connectivity index (χ0) is 14.1. The maximum absolute atomic E-state index is 12.4. The lowest BCUT2D eigenvalue weighted by Gasteiger charge is -2.33. The average Bonchev–Trinajstić information content (AvgIpc) is 2.85. The molecular formula is C14H23N5O. The number of amides is 1. The molecule has 6 nitrogen and oxygen atoms in total. The molecule has 2 aliphatic heterocycles. The summed E-state index contributed by atoms with van der Waals surface area (Å²) in [6.45, 7) is 8.05. The highest BCUT2D eigenvalue weighted by molar-refractivity contribution is 5.92. The molecular weight excluding hydrogens is 254 g/mol. The van der Waals surface area contributed by atoms with Gasteiger partial charge in [-0.05, 0) is 24.7 Å². The smallest absolute Gasteiger partial charge is 0.276 e. The van der Waals surface area contributed by atoms with Gasteiger partial charge in [0.05, 0.1) is 12.2 Å². The average molecular weight is 277 g/mol. The minimum Gasteiger partial charge on any atom is -0.337 e. The van der Waals surface area contributed by atoms with Crippen molar-refractivity contribution < 1.29 is 4.79 Å². The molecule has 6 heteroatoms. The van der Waals surface area contributed by atoms with E-state index in [4.69, 9.17) is 0 Å². The summed E-state index contributed by atoms with van der Waals surface area (Å²) in [7, 11) is 0. The van der Waals surface area contributed by atoms with Gasteiger partial charge in [-0.1, -0.05) is 19.1 Å². The van der Waals surface area contributed by atoms with Gasteiger partial charge in [0.1, 0.15) is 0 Å². The Morgan fingerprint density at radius 1 is 1.35 bits per heavy atom. The predicted octanol–water partition coefficient (Wildman–Crippen LogP) is 0.931.